The fourth-order valence-corrected chi connectivity index (χ4v) is 9.80. The molecule has 0 spiro atoms. The fraction of sp³-hybridized carbons (Fsp3) is 0.636. The Morgan fingerprint density at radius 1 is 1.02 bits per heavy atom. The Hall–Kier alpha value is -3.64. The number of carbonyl (C=O) groups is 1. The molecule has 0 aromatic heterocycles. The lowest BCUT2D eigenvalue weighted by molar-refractivity contribution is -0.128. The number of benzene rings is 2. The summed E-state index contributed by atoms with van der Waals surface area (Å²) in [6.45, 7) is 14.0. The van der Waals surface area contributed by atoms with E-state index in [9.17, 15) is 10.2 Å². The second-order valence-electron chi connectivity index (χ2n) is 17.7. The summed E-state index contributed by atoms with van der Waals surface area (Å²) in [5.74, 6) is 2.91. The zero-order chi connectivity index (χ0) is 39.5. The van der Waals surface area contributed by atoms with Gasteiger partial charge in [0.25, 0.3) is 5.91 Å². The number of rotatable bonds is 19. The average Bonchev–Trinajstić information content (AvgIpc) is 3.90. The highest BCUT2D eigenvalue weighted by atomic mass is 16.8. The molecule has 1 aliphatic heterocycles. The summed E-state index contributed by atoms with van der Waals surface area (Å²) < 4.78 is 24.3. The first-order chi connectivity index (χ1) is 26.3. The van der Waals surface area contributed by atoms with E-state index in [2.05, 4.69) is 59.9 Å². The maximum absolute atomic E-state index is 14.4. The molecule has 5 fully saturated rings. The van der Waals surface area contributed by atoms with Crippen LogP contribution >= 0.6 is 0 Å². The summed E-state index contributed by atoms with van der Waals surface area (Å²) in [6.07, 6.45) is 8.66. The number of methoxy groups -OCH3 is 2. The lowest BCUT2D eigenvalue weighted by Crippen LogP contribution is -2.70. The molecular weight excluding hydrogens is 693 g/mol. The Morgan fingerprint density at radius 2 is 1.65 bits per heavy atom. The topological polar surface area (TPSA) is 146 Å². The maximum atomic E-state index is 14.4. The number of nitrogens with two attached hydrogens (primary N) is 1. The van der Waals surface area contributed by atoms with Gasteiger partial charge in [-0.05, 0) is 164 Å². The van der Waals surface area contributed by atoms with E-state index in [1.165, 1.54) is 6.42 Å². The van der Waals surface area contributed by atoms with E-state index in [1.54, 1.807) is 20.3 Å². The predicted molar refractivity (Wildman–Crippen MR) is 221 cm³/mol. The van der Waals surface area contributed by atoms with Gasteiger partial charge in [0.1, 0.15) is 23.3 Å². The first kappa shape index (κ1) is 41.0. The third kappa shape index (κ3) is 9.33. The van der Waals surface area contributed by atoms with Crippen LogP contribution in [0.1, 0.15) is 96.6 Å². The number of carbonyl (C=O) groups excluding carboxylic acids is 1. The van der Waals surface area contributed by atoms with Gasteiger partial charge in [0.2, 0.25) is 0 Å². The van der Waals surface area contributed by atoms with Gasteiger partial charge in [-0.2, -0.15) is 0 Å². The van der Waals surface area contributed by atoms with Crippen molar-refractivity contribution in [1.82, 2.24) is 10.2 Å². The summed E-state index contributed by atoms with van der Waals surface area (Å²) in [5.41, 5.74) is 8.78. The molecule has 0 radical (unpaired) electrons. The molecule has 7 rings (SSSR count). The zero-order valence-corrected chi connectivity index (χ0v) is 34.4. The van der Waals surface area contributed by atoms with Crippen molar-refractivity contribution in [3.05, 3.63) is 53.6 Å². The molecule has 1 heterocycles. The fourth-order valence-electron chi connectivity index (χ4n) is 9.80. The Kier molecular flexibility index (Phi) is 12.9. The van der Waals surface area contributed by atoms with Gasteiger partial charge in [-0.15, -0.1) is 0 Å². The summed E-state index contributed by atoms with van der Waals surface area (Å²) in [6, 6.07) is 11.9. The number of hydrogen-bond donors (Lipinski definition) is 5. The Morgan fingerprint density at radius 3 is 2.24 bits per heavy atom. The highest BCUT2D eigenvalue weighted by Crippen LogP contribution is 2.62. The lowest BCUT2D eigenvalue weighted by Gasteiger charge is -2.61. The molecule has 2 atom stereocenters. The third-order valence-electron chi connectivity index (χ3n) is 12.2. The molecule has 6 N–H and O–H groups in total. The van der Waals surface area contributed by atoms with Crippen molar-refractivity contribution in [1.29, 1.82) is 5.41 Å². The molecule has 2 aromatic carbocycles. The van der Waals surface area contributed by atoms with Gasteiger partial charge in [0.05, 0.1) is 36.6 Å². The largest absolute Gasteiger partial charge is 0.496 e. The molecule has 11 heteroatoms. The average molecular weight is 759 g/mol. The van der Waals surface area contributed by atoms with Crippen molar-refractivity contribution >= 4 is 28.7 Å². The second kappa shape index (κ2) is 17.2. The monoisotopic (exact) mass is 759 g/mol. The first-order valence-corrected chi connectivity index (χ1v) is 20.5. The Balaban J connectivity index is 1.28. The van der Waals surface area contributed by atoms with Crippen molar-refractivity contribution in [2.75, 3.05) is 58.1 Å². The lowest BCUT2D eigenvalue weighted by atomic mass is 9.47. The molecule has 11 nitrogen and oxygen atoms in total. The van der Waals surface area contributed by atoms with E-state index < -0.39 is 11.4 Å². The molecule has 1 amide bonds. The summed E-state index contributed by atoms with van der Waals surface area (Å²) in [4.78, 5) is 16.8. The number of epoxide rings is 1. The minimum Gasteiger partial charge on any atom is -0.496 e. The van der Waals surface area contributed by atoms with Gasteiger partial charge in [-0.25, -0.2) is 0 Å². The molecule has 1 saturated heterocycles. The quantitative estimate of drug-likeness (QED) is 0.0569. The van der Waals surface area contributed by atoms with Crippen LogP contribution in [-0.4, -0.2) is 87.5 Å². The molecule has 4 bridgehead atoms. The van der Waals surface area contributed by atoms with Crippen molar-refractivity contribution in [3.8, 4) is 11.5 Å². The van der Waals surface area contributed by atoms with Gasteiger partial charge in [0.15, 0.2) is 6.29 Å². The van der Waals surface area contributed by atoms with E-state index in [0.29, 0.717) is 53.0 Å². The van der Waals surface area contributed by atoms with Gasteiger partial charge >= 0.3 is 0 Å². The number of anilines is 2. The van der Waals surface area contributed by atoms with Crippen molar-refractivity contribution in [2.24, 2.45) is 29.4 Å². The number of ether oxygens (including phenoxy) is 4. The molecule has 4 aliphatic carbocycles. The summed E-state index contributed by atoms with van der Waals surface area (Å²) in [7, 11) is 5.37. The molecule has 2 aromatic rings. The van der Waals surface area contributed by atoms with Gasteiger partial charge in [-0.3, -0.25) is 10.2 Å². The van der Waals surface area contributed by atoms with E-state index in [1.807, 2.05) is 39.0 Å². The number of amides is 1. The Bertz CT molecular complexity index is 1650. The highest BCUT2D eigenvalue weighted by molar-refractivity contribution is 6.43. The molecular formula is C44H66N6O5. The van der Waals surface area contributed by atoms with E-state index in [4.69, 9.17) is 24.7 Å². The van der Waals surface area contributed by atoms with Crippen LogP contribution in [-0.2, 0) is 14.3 Å². The molecule has 2 unspecified atom stereocenters. The van der Waals surface area contributed by atoms with Gasteiger partial charge in [-0.1, -0.05) is 19.9 Å². The first-order valence-electron chi connectivity index (χ1n) is 20.5. The molecule has 302 valence electrons. The van der Waals surface area contributed by atoms with Crippen molar-refractivity contribution in [3.63, 3.8) is 0 Å². The smallest absolute Gasteiger partial charge is 0.269 e. The molecule has 55 heavy (non-hydrogen) atoms. The van der Waals surface area contributed by atoms with Crippen LogP contribution in [0.5, 0.6) is 11.5 Å². The predicted octanol–water partition coefficient (Wildman–Crippen LogP) is 7.23. The van der Waals surface area contributed by atoms with E-state index >= 15 is 0 Å². The maximum Gasteiger partial charge on any atom is 0.269 e. The van der Waals surface area contributed by atoms with Crippen LogP contribution in [0.25, 0.3) is 5.70 Å². The minimum atomic E-state index is -0.566. The van der Waals surface area contributed by atoms with Crippen LogP contribution in [0.2, 0.25) is 0 Å². The summed E-state index contributed by atoms with van der Waals surface area (Å²) in [5, 5.41) is 20.1. The Labute approximate surface area is 329 Å². The van der Waals surface area contributed by atoms with Crippen LogP contribution in [0.4, 0.5) is 11.4 Å². The normalized spacial score (nSPS) is 27.0. The van der Waals surface area contributed by atoms with Crippen LogP contribution < -0.4 is 31.2 Å². The van der Waals surface area contributed by atoms with Gasteiger partial charge in [0, 0.05) is 17.9 Å². The van der Waals surface area contributed by atoms with Crippen LogP contribution in [0, 0.1) is 29.1 Å². The second-order valence-corrected chi connectivity index (χ2v) is 17.7. The SMILES string of the molecule is COc1cccc(OC)c1/C(=C/C(=N)C(=O)NC1(C2OC2OC(C)(C)C)C2CC3CC(C2)CC1C3)Nc1ccc(NCCCN(C)CCCN)cc1C(C)C. The zero-order valence-electron chi connectivity index (χ0n) is 34.4. The number of hydrogen-bond acceptors (Lipinski definition) is 10. The minimum absolute atomic E-state index is 0.154. The third-order valence-corrected chi connectivity index (χ3v) is 12.2. The summed E-state index contributed by atoms with van der Waals surface area (Å²) >= 11 is 0. The van der Waals surface area contributed by atoms with Crippen LogP contribution in [0.3, 0.4) is 0 Å². The number of nitrogens with zero attached hydrogens (tertiary/aromatic N) is 1. The van der Waals surface area contributed by atoms with Crippen LogP contribution in [0.15, 0.2) is 42.5 Å². The van der Waals surface area contributed by atoms with Gasteiger partial charge < -0.3 is 45.5 Å². The van der Waals surface area contributed by atoms with E-state index in [-0.39, 0.29) is 29.6 Å². The standard InChI is InChI=1S/C44H66N6O5/c1-27(2)33-25-32(47-17-11-19-50(6)18-10-16-45)14-15-35(33)48-36(39-37(52-7)12-9-13-38(39)53-8)26-34(46)41(51)49-44(40-42(54-40)55-43(3,4)5)30-21-28-20-29(23-30)24-31(44)22-28/h9,12-15,25-31,40,42,46-48H,10-11,16-24,45H2,1-8H3,(H,49,51)/b36-26-,46-34?. The highest BCUT2D eigenvalue weighted by Gasteiger charge is 2.68. The van der Waals surface area contributed by atoms with Crippen molar-refractivity contribution < 1.29 is 23.7 Å². The van der Waals surface area contributed by atoms with E-state index in [0.717, 1.165) is 75.1 Å². The molecule has 5 aliphatic rings. The number of nitrogens with one attached hydrogen (secondary N) is 4. The van der Waals surface area contributed by atoms with Crippen molar-refractivity contribution in [2.45, 2.75) is 109 Å². The molecule has 4 saturated carbocycles.